The smallest absolute Gasteiger partial charge is 0.317 e. The van der Waals surface area contributed by atoms with Crippen LogP contribution in [0.2, 0.25) is 0 Å². The topological polar surface area (TPSA) is 83.6 Å². The molecule has 0 saturated carbocycles. The molecule has 2 amide bonds. The van der Waals surface area contributed by atoms with Crippen molar-refractivity contribution in [3.05, 3.63) is 58.8 Å². The molecule has 0 bridgehead atoms. The molecule has 4 rings (SSSR count). The zero-order valence-electron chi connectivity index (χ0n) is 15.8. The van der Waals surface area contributed by atoms with Gasteiger partial charge in [0.15, 0.2) is 5.82 Å². The van der Waals surface area contributed by atoms with E-state index in [-0.39, 0.29) is 11.6 Å². The van der Waals surface area contributed by atoms with Gasteiger partial charge < -0.3 is 24.1 Å². The van der Waals surface area contributed by atoms with Crippen molar-refractivity contribution in [3.8, 4) is 0 Å². The van der Waals surface area contributed by atoms with E-state index in [1.54, 1.807) is 21.8 Å². The van der Waals surface area contributed by atoms with Gasteiger partial charge in [-0.05, 0) is 31.2 Å². The standard InChI is InChI=1S/C20H23N5O3/c1-2-25-17-8-4-3-7-16(17)22-18(19(25)26)23-9-11-24(12-10-23)20(27)21-14-15-6-5-13-28-15/h3-8,13H,2,9-12,14H2,1H3,(H,21,27). The van der Waals surface area contributed by atoms with E-state index in [2.05, 4.69) is 10.3 Å². The molecule has 0 unspecified atom stereocenters. The lowest BCUT2D eigenvalue weighted by atomic mass is 10.2. The average Bonchev–Trinajstić information content (AvgIpc) is 3.25. The molecular weight excluding hydrogens is 358 g/mol. The van der Waals surface area contributed by atoms with Gasteiger partial charge in [0.2, 0.25) is 0 Å². The van der Waals surface area contributed by atoms with Crippen molar-refractivity contribution in [2.45, 2.75) is 20.0 Å². The molecule has 3 aromatic rings. The highest BCUT2D eigenvalue weighted by Crippen LogP contribution is 2.16. The van der Waals surface area contributed by atoms with Crippen molar-refractivity contribution in [2.75, 3.05) is 31.1 Å². The Hall–Kier alpha value is -3.29. The Kier molecular flexibility index (Phi) is 5.01. The van der Waals surface area contributed by atoms with Crippen LogP contribution in [0.15, 0.2) is 51.9 Å². The van der Waals surface area contributed by atoms with E-state index >= 15 is 0 Å². The second-order valence-corrected chi connectivity index (χ2v) is 6.69. The second kappa shape index (κ2) is 7.75. The number of piperazine rings is 1. The van der Waals surface area contributed by atoms with Crippen molar-refractivity contribution in [1.29, 1.82) is 0 Å². The SMILES string of the molecule is CCn1c(=O)c(N2CCN(C(=O)NCc3ccco3)CC2)nc2ccccc21. The predicted molar refractivity (Wildman–Crippen MR) is 106 cm³/mol. The van der Waals surface area contributed by atoms with Crippen molar-refractivity contribution in [3.63, 3.8) is 0 Å². The van der Waals surface area contributed by atoms with Crippen LogP contribution in [0.1, 0.15) is 12.7 Å². The first-order valence-corrected chi connectivity index (χ1v) is 9.47. The van der Waals surface area contributed by atoms with E-state index in [1.807, 2.05) is 42.2 Å². The molecule has 1 aliphatic heterocycles. The fourth-order valence-electron chi connectivity index (χ4n) is 3.51. The normalized spacial score (nSPS) is 14.5. The van der Waals surface area contributed by atoms with Gasteiger partial charge in [0.05, 0.1) is 23.8 Å². The summed E-state index contributed by atoms with van der Waals surface area (Å²) in [5.74, 6) is 1.17. The lowest BCUT2D eigenvalue weighted by Crippen LogP contribution is -2.53. The van der Waals surface area contributed by atoms with Crippen molar-refractivity contribution in [1.82, 2.24) is 19.8 Å². The number of aromatic nitrogens is 2. The summed E-state index contributed by atoms with van der Waals surface area (Å²) in [5.41, 5.74) is 1.56. The molecule has 1 N–H and O–H groups in total. The van der Waals surface area contributed by atoms with Crippen LogP contribution >= 0.6 is 0 Å². The van der Waals surface area contributed by atoms with E-state index in [9.17, 15) is 9.59 Å². The molecule has 2 aromatic heterocycles. The van der Waals surface area contributed by atoms with Crippen molar-refractivity contribution < 1.29 is 9.21 Å². The quantitative estimate of drug-likeness (QED) is 0.748. The molecule has 1 fully saturated rings. The van der Waals surface area contributed by atoms with Gasteiger partial charge in [-0.25, -0.2) is 9.78 Å². The molecule has 8 nitrogen and oxygen atoms in total. The van der Waals surface area contributed by atoms with Crippen LogP contribution < -0.4 is 15.8 Å². The maximum Gasteiger partial charge on any atom is 0.317 e. The Morgan fingerprint density at radius 3 is 2.64 bits per heavy atom. The number of urea groups is 1. The van der Waals surface area contributed by atoms with Crippen LogP contribution in [-0.2, 0) is 13.1 Å². The Labute approximate surface area is 162 Å². The maximum atomic E-state index is 12.9. The summed E-state index contributed by atoms with van der Waals surface area (Å²) >= 11 is 0. The summed E-state index contributed by atoms with van der Waals surface area (Å²) in [5, 5.41) is 2.86. The van der Waals surface area contributed by atoms with Gasteiger partial charge in [-0.3, -0.25) is 4.79 Å². The van der Waals surface area contributed by atoms with Crippen molar-refractivity contribution in [2.24, 2.45) is 0 Å². The summed E-state index contributed by atoms with van der Waals surface area (Å²) in [7, 11) is 0. The van der Waals surface area contributed by atoms with Gasteiger partial charge in [-0.15, -0.1) is 0 Å². The molecule has 1 aromatic carbocycles. The van der Waals surface area contributed by atoms with Gasteiger partial charge in [0.25, 0.3) is 5.56 Å². The molecule has 1 aliphatic rings. The Balaban J connectivity index is 1.45. The molecule has 8 heteroatoms. The number of hydrogen-bond acceptors (Lipinski definition) is 5. The molecule has 146 valence electrons. The van der Waals surface area contributed by atoms with Crippen LogP contribution in [0.3, 0.4) is 0 Å². The molecule has 0 atom stereocenters. The number of anilines is 1. The third-order valence-electron chi connectivity index (χ3n) is 5.01. The first-order valence-electron chi connectivity index (χ1n) is 9.47. The summed E-state index contributed by atoms with van der Waals surface area (Å²) in [6, 6.07) is 11.2. The molecule has 0 aliphatic carbocycles. The minimum Gasteiger partial charge on any atom is -0.467 e. The fourth-order valence-corrected chi connectivity index (χ4v) is 3.51. The summed E-state index contributed by atoms with van der Waals surface area (Å²) in [4.78, 5) is 33.6. The number of aryl methyl sites for hydroxylation is 1. The van der Waals surface area contributed by atoms with Crippen LogP contribution in [0, 0.1) is 0 Å². The molecular formula is C20H23N5O3. The zero-order chi connectivity index (χ0) is 19.5. The number of carbonyl (C=O) groups is 1. The first-order chi connectivity index (χ1) is 13.7. The molecule has 1 saturated heterocycles. The fraction of sp³-hybridized carbons (Fsp3) is 0.350. The Morgan fingerprint density at radius 1 is 1.14 bits per heavy atom. The van der Waals surface area contributed by atoms with Gasteiger partial charge in [0.1, 0.15) is 5.76 Å². The first kappa shape index (κ1) is 18.1. The predicted octanol–water partition coefficient (Wildman–Crippen LogP) is 2.04. The van der Waals surface area contributed by atoms with Crippen LogP contribution in [-0.4, -0.2) is 46.7 Å². The third-order valence-corrected chi connectivity index (χ3v) is 5.01. The number of carbonyl (C=O) groups excluding carboxylic acids is 1. The molecule has 0 spiro atoms. The second-order valence-electron chi connectivity index (χ2n) is 6.69. The number of furan rings is 1. The lowest BCUT2D eigenvalue weighted by molar-refractivity contribution is 0.193. The van der Waals surface area contributed by atoms with Crippen molar-refractivity contribution >= 4 is 22.9 Å². The van der Waals surface area contributed by atoms with Gasteiger partial charge in [-0.1, -0.05) is 12.1 Å². The maximum absolute atomic E-state index is 12.9. The minimum absolute atomic E-state index is 0.0862. The van der Waals surface area contributed by atoms with Crippen LogP contribution in [0.4, 0.5) is 10.6 Å². The number of para-hydroxylation sites is 2. The number of amides is 2. The lowest BCUT2D eigenvalue weighted by Gasteiger charge is -2.35. The van der Waals surface area contributed by atoms with Gasteiger partial charge >= 0.3 is 6.03 Å². The Morgan fingerprint density at radius 2 is 1.93 bits per heavy atom. The van der Waals surface area contributed by atoms with Gasteiger partial charge in [0, 0.05) is 32.7 Å². The highest BCUT2D eigenvalue weighted by atomic mass is 16.3. The van der Waals surface area contributed by atoms with Crippen LogP contribution in [0.5, 0.6) is 0 Å². The number of fused-ring (bicyclic) bond motifs is 1. The van der Waals surface area contributed by atoms with Gasteiger partial charge in [-0.2, -0.15) is 0 Å². The summed E-state index contributed by atoms with van der Waals surface area (Å²) in [6.07, 6.45) is 1.58. The minimum atomic E-state index is -0.131. The Bertz CT molecular complexity index is 1020. The zero-order valence-corrected chi connectivity index (χ0v) is 15.8. The number of nitrogens with one attached hydrogen (secondary N) is 1. The molecule has 28 heavy (non-hydrogen) atoms. The monoisotopic (exact) mass is 381 g/mol. The third kappa shape index (κ3) is 3.45. The number of nitrogens with zero attached hydrogens (tertiary/aromatic N) is 4. The average molecular weight is 381 g/mol. The largest absolute Gasteiger partial charge is 0.467 e. The molecule has 0 radical (unpaired) electrons. The van der Waals surface area contributed by atoms with E-state index in [0.29, 0.717) is 50.8 Å². The van der Waals surface area contributed by atoms with E-state index in [0.717, 1.165) is 11.0 Å². The van der Waals surface area contributed by atoms with E-state index in [1.165, 1.54) is 0 Å². The summed E-state index contributed by atoms with van der Waals surface area (Å²) < 4.78 is 6.98. The molecule has 3 heterocycles. The van der Waals surface area contributed by atoms with E-state index in [4.69, 9.17) is 4.42 Å². The van der Waals surface area contributed by atoms with Crippen LogP contribution in [0.25, 0.3) is 11.0 Å². The van der Waals surface area contributed by atoms with E-state index < -0.39 is 0 Å². The highest BCUT2D eigenvalue weighted by Gasteiger charge is 2.24. The summed E-state index contributed by atoms with van der Waals surface area (Å²) in [6.45, 7) is 5.10. The number of hydrogen-bond donors (Lipinski definition) is 1. The number of benzene rings is 1. The number of rotatable bonds is 4. The highest BCUT2D eigenvalue weighted by molar-refractivity contribution is 5.77.